The first-order valence-electron chi connectivity index (χ1n) is 9.19. The summed E-state index contributed by atoms with van der Waals surface area (Å²) in [4.78, 5) is 22.6. The van der Waals surface area contributed by atoms with E-state index in [2.05, 4.69) is 14.9 Å². The number of aliphatic hydroxyl groups is 1. The minimum absolute atomic E-state index is 0.296. The average molecular weight is 369 g/mol. The molecule has 1 aliphatic heterocycles. The van der Waals surface area contributed by atoms with E-state index in [4.69, 9.17) is 9.47 Å². The van der Waals surface area contributed by atoms with Crippen LogP contribution in [0.5, 0.6) is 5.75 Å². The van der Waals surface area contributed by atoms with Gasteiger partial charge in [0, 0.05) is 25.5 Å². The van der Waals surface area contributed by atoms with Crippen molar-refractivity contribution in [3.8, 4) is 5.75 Å². The topological polar surface area (TPSA) is 84.8 Å². The Morgan fingerprint density at radius 1 is 1.15 bits per heavy atom. The number of hydrogen-bond acceptors (Lipinski definition) is 7. The average Bonchev–Trinajstić information content (AvgIpc) is 3.11. The molecular formula is C20H23N3O4. The normalized spacial score (nSPS) is 27.1. The van der Waals surface area contributed by atoms with E-state index in [-0.39, 0.29) is 6.10 Å². The highest BCUT2D eigenvalue weighted by atomic mass is 16.5. The number of nitrogens with zero attached hydrogens (tertiary/aromatic N) is 3. The second kappa shape index (κ2) is 7.52. The summed E-state index contributed by atoms with van der Waals surface area (Å²) in [6.07, 6.45) is 4.12. The lowest BCUT2D eigenvalue weighted by Gasteiger charge is -2.35. The van der Waals surface area contributed by atoms with Gasteiger partial charge >= 0.3 is 5.97 Å². The zero-order valence-electron chi connectivity index (χ0n) is 15.2. The Morgan fingerprint density at radius 2 is 1.89 bits per heavy atom. The molecule has 1 aromatic carbocycles. The molecule has 142 valence electrons. The Morgan fingerprint density at radius 3 is 2.63 bits per heavy atom. The monoisotopic (exact) mass is 369 g/mol. The Balaban J connectivity index is 1.43. The van der Waals surface area contributed by atoms with Crippen molar-refractivity contribution in [2.24, 2.45) is 11.8 Å². The van der Waals surface area contributed by atoms with Crippen molar-refractivity contribution in [2.75, 3.05) is 25.1 Å². The summed E-state index contributed by atoms with van der Waals surface area (Å²) in [5.74, 6) is 1.74. The van der Waals surface area contributed by atoms with Gasteiger partial charge in [-0.3, -0.25) is 0 Å². The van der Waals surface area contributed by atoms with E-state index in [1.165, 1.54) is 7.11 Å². The molecule has 1 saturated heterocycles. The maximum Gasteiger partial charge on any atom is 0.337 e. The van der Waals surface area contributed by atoms with Crippen LogP contribution in [0.25, 0.3) is 0 Å². The fourth-order valence-corrected chi connectivity index (χ4v) is 4.12. The van der Waals surface area contributed by atoms with Gasteiger partial charge in [-0.1, -0.05) is 6.07 Å². The number of hydrogen-bond donors (Lipinski definition) is 1. The van der Waals surface area contributed by atoms with E-state index in [1.807, 2.05) is 6.07 Å². The summed E-state index contributed by atoms with van der Waals surface area (Å²) in [7, 11) is 1.35. The van der Waals surface area contributed by atoms with E-state index >= 15 is 0 Å². The molecule has 0 unspecified atom stereocenters. The predicted octanol–water partition coefficient (Wildman–Crippen LogP) is 1.92. The first-order valence-corrected chi connectivity index (χ1v) is 9.19. The Hall–Kier alpha value is -2.67. The molecule has 2 aliphatic rings. The van der Waals surface area contributed by atoms with Crippen LogP contribution in [0, 0.1) is 11.8 Å². The third-order valence-corrected chi connectivity index (χ3v) is 5.46. The molecule has 7 heteroatoms. The summed E-state index contributed by atoms with van der Waals surface area (Å²) in [5, 5.41) is 10.6. The van der Waals surface area contributed by atoms with Gasteiger partial charge in [0.25, 0.3) is 0 Å². The zero-order valence-corrected chi connectivity index (χ0v) is 15.2. The van der Waals surface area contributed by atoms with Crippen molar-refractivity contribution in [3.05, 3.63) is 48.3 Å². The van der Waals surface area contributed by atoms with Crippen LogP contribution in [-0.2, 0) is 4.74 Å². The molecule has 7 nitrogen and oxygen atoms in total. The maximum atomic E-state index is 11.7. The highest BCUT2D eigenvalue weighted by Crippen LogP contribution is 2.38. The van der Waals surface area contributed by atoms with Gasteiger partial charge in [-0.15, -0.1) is 0 Å². The first kappa shape index (κ1) is 17.7. The van der Waals surface area contributed by atoms with Gasteiger partial charge in [0.05, 0.1) is 18.8 Å². The molecule has 2 fully saturated rings. The molecule has 0 radical (unpaired) electrons. The third kappa shape index (κ3) is 3.73. The second-order valence-electron chi connectivity index (χ2n) is 7.19. The second-order valence-corrected chi connectivity index (χ2v) is 7.19. The Labute approximate surface area is 158 Å². The van der Waals surface area contributed by atoms with Gasteiger partial charge in [-0.05, 0) is 48.9 Å². The maximum absolute atomic E-state index is 11.7. The molecule has 1 saturated carbocycles. The highest BCUT2D eigenvalue weighted by Gasteiger charge is 2.43. The molecule has 1 aromatic heterocycles. The first-order chi connectivity index (χ1) is 13.1. The number of benzene rings is 1. The number of carbonyl (C=O) groups excluding carboxylic acids is 1. The van der Waals surface area contributed by atoms with E-state index in [1.54, 1.807) is 36.7 Å². The number of fused-ring (bicyclic) bond motifs is 1. The minimum atomic E-state index is -0.537. The number of rotatable bonds is 4. The molecule has 4 atom stereocenters. The molecule has 2 aromatic rings. The Kier molecular flexibility index (Phi) is 4.94. The lowest BCUT2D eigenvalue weighted by Crippen LogP contribution is -2.42. The van der Waals surface area contributed by atoms with Crippen LogP contribution >= 0.6 is 0 Å². The predicted molar refractivity (Wildman–Crippen MR) is 98.7 cm³/mol. The van der Waals surface area contributed by atoms with Crippen LogP contribution in [0.3, 0.4) is 0 Å². The van der Waals surface area contributed by atoms with Gasteiger partial charge in [0.15, 0.2) is 0 Å². The molecule has 0 spiro atoms. The number of anilines is 1. The molecule has 0 bridgehead atoms. The summed E-state index contributed by atoms with van der Waals surface area (Å²) in [5.41, 5.74) is 0.437. The lowest BCUT2D eigenvalue weighted by atomic mass is 9.78. The van der Waals surface area contributed by atoms with Gasteiger partial charge in [-0.25, -0.2) is 14.8 Å². The summed E-state index contributed by atoms with van der Waals surface area (Å²) >= 11 is 0. The lowest BCUT2D eigenvalue weighted by molar-refractivity contribution is -0.0231. The largest absolute Gasteiger partial charge is 0.488 e. The molecule has 1 N–H and O–H groups in total. The molecule has 1 aliphatic carbocycles. The Bertz CT molecular complexity index is 801. The molecule has 0 amide bonds. The molecule has 4 rings (SSSR count). The molecule has 27 heavy (non-hydrogen) atoms. The van der Waals surface area contributed by atoms with E-state index in [9.17, 15) is 9.90 Å². The van der Waals surface area contributed by atoms with Crippen molar-refractivity contribution in [1.29, 1.82) is 0 Å². The van der Waals surface area contributed by atoms with Crippen molar-refractivity contribution in [1.82, 2.24) is 9.97 Å². The summed E-state index contributed by atoms with van der Waals surface area (Å²) < 4.78 is 10.8. The third-order valence-electron chi connectivity index (χ3n) is 5.46. The SMILES string of the molecule is COC(=O)c1cccc(O[C@@H]2C[C@@H]3CN(c4ncccn4)C[C@@H]3C[C@H]2O)c1. The quantitative estimate of drug-likeness (QED) is 0.824. The number of methoxy groups -OCH3 is 1. The van der Waals surface area contributed by atoms with Crippen LogP contribution in [0.4, 0.5) is 5.95 Å². The fourth-order valence-electron chi connectivity index (χ4n) is 4.12. The van der Waals surface area contributed by atoms with Crippen molar-refractivity contribution >= 4 is 11.9 Å². The van der Waals surface area contributed by atoms with Gasteiger partial charge in [-0.2, -0.15) is 0 Å². The fraction of sp³-hybridized carbons (Fsp3) is 0.450. The van der Waals surface area contributed by atoms with Crippen molar-refractivity contribution in [2.45, 2.75) is 25.0 Å². The van der Waals surface area contributed by atoms with Crippen LogP contribution in [0.2, 0.25) is 0 Å². The summed E-state index contributed by atoms with van der Waals surface area (Å²) in [6.45, 7) is 1.72. The summed E-state index contributed by atoms with van der Waals surface area (Å²) in [6, 6.07) is 8.69. The van der Waals surface area contributed by atoms with Crippen LogP contribution in [0.1, 0.15) is 23.2 Å². The number of aliphatic hydroxyl groups excluding tert-OH is 1. The standard InChI is InChI=1S/C20H23N3O4/c1-26-19(25)13-4-2-5-16(8-13)27-18-10-15-12-23(11-14(15)9-17(18)24)20-21-6-3-7-22-20/h2-8,14-15,17-18,24H,9-12H2,1H3/t14-,15+,17+,18+/m0/s1. The van der Waals surface area contributed by atoms with E-state index in [0.29, 0.717) is 29.6 Å². The van der Waals surface area contributed by atoms with Crippen molar-refractivity contribution in [3.63, 3.8) is 0 Å². The molecule has 2 heterocycles. The number of aromatic nitrogens is 2. The molecular weight excluding hydrogens is 346 g/mol. The van der Waals surface area contributed by atoms with Gasteiger partial charge in [0.1, 0.15) is 11.9 Å². The van der Waals surface area contributed by atoms with Gasteiger partial charge < -0.3 is 19.5 Å². The smallest absolute Gasteiger partial charge is 0.337 e. The van der Waals surface area contributed by atoms with Gasteiger partial charge in [0.2, 0.25) is 5.95 Å². The van der Waals surface area contributed by atoms with E-state index < -0.39 is 12.1 Å². The zero-order chi connectivity index (χ0) is 18.8. The van der Waals surface area contributed by atoms with Crippen LogP contribution in [-0.4, -0.2) is 53.5 Å². The number of carbonyl (C=O) groups is 1. The number of ether oxygens (including phenoxy) is 2. The van der Waals surface area contributed by atoms with E-state index in [0.717, 1.165) is 25.5 Å². The minimum Gasteiger partial charge on any atom is -0.488 e. The van der Waals surface area contributed by atoms with Crippen LogP contribution in [0.15, 0.2) is 42.7 Å². The van der Waals surface area contributed by atoms with Crippen molar-refractivity contribution < 1.29 is 19.4 Å². The highest BCUT2D eigenvalue weighted by molar-refractivity contribution is 5.89. The van der Waals surface area contributed by atoms with Crippen LogP contribution < -0.4 is 9.64 Å². The number of esters is 1.